The monoisotopic (exact) mass is 397 g/mol. The maximum atomic E-state index is 6.77. The van der Waals surface area contributed by atoms with Gasteiger partial charge in [0, 0.05) is 23.4 Å². The maximum absolute atomic E-state index is 6.77. The molecule has 5 heteroatoms. The smallest absolute Gasteiger partial charge is 0.254 e. The zero-order valence-electron chi connectivity index (χ0n) is 17.8. The number of anilines is 1. The van der Waals surface area contributed by atoms with Crippen molar-refractivity contribution in [1.29, 1.82) is 0 Å². The third kappa shape index (κ3) is 2.96. The standard InChI is InChI=1S/C22H31NO2Si2/c1-22(2,3)23-18-19(25-26(5,6)7)17-15-12-10-9-11-14(15)13-16(17)20-21(18)27(20,8)24-4/h9-12,23H,13H2,1-8H3. The van der Waals surface area contributed by atoms with E-state index in [4.69, 9.17) is 8.85 Å². The molecular weight excluding hydrogens is 366 g/mol. The summed E-state index contributed by atoms with van der Waals surface area (Å²) in [6.45, 7) is 15.8. The zero-order chi connectivity index (χ0) is 19.8. The van der Waals surface area contributed by atoms with E-state index in [-0.39, 0.29) is 5.54 Å². The van der Waals surface area contributed by atoms with Crippen LogP contribution >= 0.6 is 0 Å². The summed E-state index contributed by atoms with van der Waals surface area (Å²) < 4.78 is 12.9. The predicted octanol–water partition coefficient (Wildman–Crippen LogP) is 4.33. The number of nitrogens with one attached hydrogen (secondary N) is 1. The van der Waals surface area contributed by atoms with Crippen LogP contribution in [0.4, 0.5) is 5.69 Å². The quantitative estimate of drug-likeness (QED) is 0.665. The molecule has 4 rings (SSSR count). The molecule has 0 amide bonds. The van der Waals surface area contributed by atoms with Gasteiger partial charge in [-0.25, -0.2) is 0 Å². The molecule has 1 heterocycles. The summed E-state index contributed by atoms with van der Waals surface area (Å²) in [5.74, 6) is 1.07. The molecule has 2 aromatic rings. The van der Waals surface area contributed by atoms with Crippen molar-refractivity contribution in [3.8, 4) is 16.9 Å². The Kier molecular flexibility index (Phi) is 3.98. The molecular formula is C22H31NO2Si2. The van der Waals surface area contributed by atoms with Crippen LogP contribution in [0.3, 0.4) is 0 Å². The van der Waals surface area contributed by atoms with E-state index >= 15 is 0 Å². The van der Waals surface area contributed by atoms with Gasteiger partial charge in [-0.3, -0.25) is 0 Å². The van der Waals surface area contributed by atoms with Crippen LogP contribution in [-0.2, 0) is 10.8 Å². The van der Waals surface area contributed by atoms with Crippen molar-refractivity contribution in [2.24, 2.45) is 0 Å². The minimum Gasteiger partial charge on any atom is -0.543 e. The fraction of sp³-hybridized carbons (Fsp3) is 0.455. The van der Waals surface area contributed by atoms with Crippen molar-refractivity contribution in [2.75, 3.05) is 12.4 Å². The Morgan fingerprint density at radius 1 is 1.07 bits per heavy atom. The molecule has 144 valence electrons. The summed E-state index contributed by atoms with van der Waals surface area (Å²) >= 11 is 0. The molecule has 0 radical (unpaired) electrons. The molecule has 1 atom stereocenters. The van der Waals surface area contributed by atoms with Crippen LogP contribution in [-0.4, -0.2) is 29.3 Å². The summed E-state index contributed by atoms with van der Waals surface area (Å²) in [6.07, 6.45) is 0.998. The minimum atomic E-state index is -1.99. The molecule has 1 unspecified atom stereocenters. The molecule has 3 nitrogen and oxygen atoms in total. The van der Waals surface area contributed by atoms with Crippen molar-refractivity contribution in [3.63, 3.8) is 0 Å². The second-order valence-electron chi connectivity index (χ2n) is 9.97. The summed E-state index contributed by atoms with van der Waals surface area (Å²) in [5, 5.41) is 6.70. The van der Waals surface area contributed by atoms with Gasteiger partial charge in [0.2, 0.25) is 8.32 Å². The molecule has 1 aliphatic carbocycles. The van der Waals surface area contributed by atoms with Gasteiger partial charge >= 0.3 is 0 Å². The molecule has 0 spiro atoms. The van der Waals surface area contributed by atoms with Crippen LogP contribution in [0, 0.1) is 0 Å². The lowest BCUT2D eigenvalue weighted by Crippen LogP contribution is -2.34. The second kappa shape index (κ2) is 5.72. The van der Waals surface area contributed by atoms with E-state index in [0.29, 0.717) is 0 Å². The highest BCUT2D eigenvalue weighted by molar-refractivity contribution is 7.14. The Morgan fingerprint density at radius 3 is 2.33 bits per heavy atom. The van der Waals surface area contributed by atoms with Crippen molar-refractivity contribution in [3.05, 3.63) is 35.4 Å². The SMILES string of the molecule is CO[Si]1(C)c2c3c(c(O[Si](C)(C)C)c(NC(C)(C)C)c21)-c1ccccc1C3. The van der Waals surface area contributed by atoms with Gasteiger partial charge in [0.05, 0.1) is 5.69 Å². The molecule has 2 aliphatic rings. The van der Waals surface area contributed by atoms with E-state index < -0.39 is 16.6 Å². The van der Waals surface area contributed by atoms with Crippen molar-refractivity contribution >= 4 is 32.7 Å². The van der Waals surface area contributed by atoms with Gasteiger partial charge in [-0.15, -0.1) is 0 Å². The lowest BCUT2D eigenvalue weighted by molar-refractivity contribution is 0.428. The first-order valence-corrected chi connectivity index (χ1v) is 15.6. The molecule has 1 aliphatic heterocycles. The lowest BCUT2D eigenvalue weighted by Gasteiger charge is -2.29. The molecule has 0 aromatic heterocycles. The van der Waals surface area contributed by atoms with Crippen LogP contribution in [0.2, 0.25) is 26.2 Å². The van der Waals surface area contributed by atoms with E-state index in [1.165, 1.54) is 38.3 Å². The molecule has 2 aromatic carbocycles. The summed E-state index contributed by atoms with van der Waals surface area (Å²) in [6, 6.07) is 8.79. The number of hydrogen-bond acceptors (Lipinski definition) is 3. The Labute approximate surface area is 165 Å². The zero-order valence-corrected chi connectivity index (χ0v) is 19.8. The Hall–Kier alpha value is -1.57. The molecule has 0 fully saturated rings. The summed E-state index contributed by atoms with van der Waals surface area (Å²) in [5.41, 5.74) is 6.65. The molecule has 27 heavy (non-hydrogen) atoms. The average Bonchev–Trinajstić information content (AvgIpc) is 2.98. The fourth-order valence-electron chi connectivity index (χ4n) is 4.34. The minimum absolute atomic E-state index is 0.0384. The number of benzene rings is 2. The third-order valence-electron chi connectivity index (χ3n) is 5.42. The average molecular weight is 398 g/mol. The van der Waals surface area contributed by atoms with E-state index in [9.17, 15) is 0 Å². The van der Waals surface area contributed by atoms with Gasteiger partial charge in [-0.1, -0.05) is 24.3 Å². The molecule has 1 N–H and O–H groups in total. The van der Waals surface area contributed by atoms with E-state index in [1.807, 2.05) is 7.11 Å². The van der Waals surface area contributed by atoms with Crippen LogP contribution < -0.4 is 20.1 Å². The van der Waals surface area contributed by atoms with Crippen molar-refractivity contribution in [2.45, 2.75) is 58.9 Å². The van der Waals surface area contributed by atoms with Gasteiger partial charge in [0.1, 0.15) is 5.75 Å². The number of rotatable bonds is 4. The van der Waals surface area contributed by atoms with Crippen LogP contribution in [0.25, 0.3) is 11.1 Å². The van der Waals surface area contributed by atoms with Crippen molar-refractivity contribution < 1.29 is 8.85 Å². The van der Waals surface area contributed by atoms with Gasteiger partial charge in [-0.05, 0) is 75.3 Å². The Balaban J connectivity index is 2.03. The number of hydrogen-bond donors (Lipinski definition) is 1. The topological polar surface area (TPSA) is 30.5 Å². The predicted molar refractivity (Wildman–Crippen MR) is 120 cm³/mol. The molecule has 0 saturated carbocycles. The second-order valence-corrected chi connectivity index (χ2v) is 17.9. The third-order valence-corrected chi connectivity index (χ3v) is 9.76. The Bertz CT molecular complexity index is 941. The summed E-state index contributed by atoms with van der Waals surface area (Å²) in [4.78, 5) is 0. The largest absolute Gasteiger partial charge is 0.543 e. The highest BCUT2D eigenvalue weighted by Gasteiger charge is 2.58. The highest BCUT2D eigenvalue weighted by atomic mass is 28.4. The van der Waals surface area contributed by atoms with Gasteiger partial charge in [0.15, 0.2) is 0 Å². The first-order chi connectivity index (χ1) is 12.5. The summed E-state index contributed by atoms with van der Waals surface area (Å²) in [7, 11) is -1.91. The van der Waals surface area contributed by atoms with Gasteiger partial charge in [-0.2, -0.15) is 0 Å². The molecule has 0 saturated heterocycles. The van der Waals surface area contributed by atoms with Gasteiger partial charge < -0.3 is 14.2 Å². The van der Waals surface area contributed by atoms with Gasteiger partial charge in [0.25, 0.3) is 8.32 Å². The van der Waals surface area contributed by atoms with E-state index in [0.717, 1.165) is 12.2 Å². The number of fused-ring (bicyclic) bond motifs is 5. The van der Waals surface area contributed by atoms with Crippen LogP contribution in [0.1, 0.15) is 31.9 Å². The van der Waals surface area contributed by atoms with E-state index in [1.54, 1.807) is 0 Å². The highest BCUT2D eigenvalue weighted by Crippen LogP contribution is 2.50. The first kappa shape index (κ1) is 18.8. The Morgan fingerprint density at radius 2 is 1.74 bits per heavy atom. The fourth-order valence-corrected chi connectivity index (χ4v) is 8.52. The van der Waals surface area contributed by atoms with Crippen molar-refractivity contribution in [1.82, 2.24) is 0 Å². The first-order valence-electron chi connectivity index (χ1n) is 9.81. The maximum Gasteiger partial charge on any atom is 0.254 e. The van der Waals surface area contributed by atoms with E-state index in [2.05, 4.69) is 76.5 Å². The normalized spacial score (nSPS) is 20.0. The molecule has 0 bridgehead atoms. The van der Waals surface area contributed by atoms with Crippen LogP contribution in [0.15, 0.2) is 24.3 Å². The van der Waals surface area contributed by atoms with Crippen LogP contribution in [0.5, 0.6) is 5.75 Å². The lowest BCUT2D eigenvalue weighted by atomic mass is 10.0.